The van der Waals surface area contributed by atoms with Crippen LogP contribution in [0.1, 0.15) is 47.8 Å². The number of fused-ring (bicyclic) bond motifs is 3. The summed E-state index contributed by atoms with van der Waals surface area (Å²) in [4.78, 5) is 3.96. The second-order valence-corrected chi connectivity index (χ2v) is 10.6. The fourth-order valence-corrected chi connectivity index (χ4v) is 6.58. The van der Waals surface area contributed by atoms with E-state index in [9.17, 15) is 0 Å². The molecule has 1 fully saturated rings. The van der Waals surface area contributed by atoms with Crippen LogP contribution < -0.4 is 0 Å². The van der Waals surface area contributed by atoms with Crippen LogP contribution >= 0.6 is 11.8 Å². The molecule has 0 saturated carbocycles. The van der Waals surface area contributed by atoms with Crippen molar-refractivity contribution in [1.29, 1.82) is 0 Å². The number of allylic oxidation sites excluding steroid dienone is 1. The Morgan fingerprint density at radius 2 is 1.85 bits per heavy atom. The lowest BCUT2D eigenvalue weighted by Crippen LogP contribution is -2.28. The maximum atomic E-state index is 6.28. The third kappa shape index (κ3) is 4.23. The number of hydrogen-bond donors (Lipinski definition) is 0. The summed E-state index contributed by atoms with van der Waals surface area (Å²) < 4.78 is 6.28. The van der Waals surface area contributed by atoms with Crippen molar-refractivity contribution in [1.82, 2.24) is 4.90 Å². The van der Waals surface area contributed by atoms with Crippen molar-refractivity contribution in [3.05, 3.63) is 107 Å². The minimum atomic E-state index is 0.704. The van der Waals surface area contributed by atoms with Crippen LogP contribution in [0.2, 0.25) is 0 Å². The van der Waals surface area contributed by atoms with Crippen molar-refractivity contribution in [3.63, 3.8) is 0 Å². The molecule has 34 heavy (non-hydrogen) atoms. The standard InChI is InChI=1S/C31H31NOS/c1-22-8-7-18-32(22)19-17-25-20-29-23(10-6-13-30(29)33-25)15-16-27-26-11-3-2-9-24(26)21-34-31-14-5-4-12-28(27)31/h2-6,9-14,16,20,22H,7-8,15,17-19,21H2,1H3/t22-/m1/s1. The van der Waals surface area contributed by atoms with Gasteiger partial charge in [0.2, 0.25) is 0 Å². The minimum absolute atomic E-state index is 0.704. The lowest BCUT2D eigenvalue weighted by atomic mass is 9.92. The van der Waals surface area contributed by atoms with Gasteiger partial charge in [-0.25, -0.2) is 0 Å². The molecule has 3 aromatic carbocycles. The molecule has 0 radical (unpaired) electrons. The molecule has 0 spiro atoms. The van der Waals surface area contributed by atoms with E-state index in [1.807, 2.05) is 11.8 Å². The second kappa shape index (κ2) is 9.48. The number of benzene rings is 3. The molecule has 1 saturated heterocycles. The SMILES string of the molecule is C[C@@H]1CCCN1CCc1cc2c(CC=C3c4ccccc4CSc4ccccc43)cccc2o1. The number of rotatable bonds is 5. The number of likely N-dealkylation sites (tertiary alicyclic amines) is 1. The van der Waals surface area contributed by atoms with E-state index in [0.29, 0.717) is 6.04 Å². The zero-order chi connectivity index (χ0) is 22.9. The zero-order valence-corrected chi connectivity index (χ0v) is 20.6. The highest BCUT2D eigenvalue weighted by Gasteiger charge is 2.21. The lowest BCUT2D eigenvalue weighted by Gasteiger charge is -2.19. The van der Waals surface area contributed by atoms with Gasteiger partial charge in [-0.3, -0.25) is 0 Å². The van der Waals surface area contributed by atoms with Crippen molar-refractivity contribution in [2.75, 3.05) is 13.1 Å². The normalized spacial score (nSPS) is 19.3. The van der Waals surface area contributed by atoms with Gasteiger partial charge in [0.25, 0.3) is 0 Å². The highest BCUT2D eigenvalue weighted by atomic mass is 32.2. The van der Waals surface area contributed by atoms with Gasteiger partial charge in [0.1, 0.15) is 11.3 Å². The van der Waals surface area contributed by atoms with Gasteiger partial charge in [0, 0.05) is 35.0 Å². The van der Waals surface area contributed by atoms with E-state index in [1.54, 1.807) is 0 Å². The molecule has 3 heteroatoms. The van der Waals surface area contributed by atoms with Crippen molar-refractivity contribution in [2.45, 2.75) is 49.3 Å². The van der Waals surface area contributed by atoms with Gasteiger partial charge in [-0.15, -0.1) is 11.8 Å². The zero-order valence-electron chi connectivity index (χ0n) is 19.8. The van der Waals surface area contributed by atoms with E-state index in [1.165, 1.54) is 57.5 Å². The van der Waals surface area contributed by atoms with Crippen molar-refractivity contribution < 1.29 is 4.42 Å². The van der Waals surface area contributed by atoms with E-state index in [2.05, 4.69) is 90.7 Å². The van der Waals surface area contributed by atoms with Gasteiger partial charge < -0.3 is 9.32 Å². The molecule has 2 aliphatic heterocycles. The second-order valence-electron chi connectivity index (χ2n) is 9.58. The molecule has 4 aromatic rings. The quantitative estimate of drug-likeness (QED) is 0.300. The fourth-order valence-electron chi connectivity index (χ4n) is 5.51. The maximum absolute atomic E-state index is 6.28. The van der Waals surface area contributed by atoms with E-state index in [4.69, 9.17) is 4.42 Å². The molecule has 0 bridgehead atoms. The molecule has 1 aromatic heterocycles. The Labute approximate surface area is 206 Å². The average Bonchev–Trinajstić information content (AvgIpc) is 3.44. The average molecular weight is 466 g/mol. The van der Waals surface area contributed by atoms with Crippen LogP contribution in [0.3, 0.4) is 0 Å². The van der Waals surface area contributed by atoms with Crippen molar-refractivity contribution in [3.8, 4) is 0 Å². The lowest BCUT2D eigenvalue weighted by molar-refractivity contribution is 0.266. The van der Waals surface area contributed by atoms with Crippen molar-refractivity contribution >= 4 is 28.3 Å². The summed E-state index contributed by atoms with van der Waals surface area (Å²) >= 11 is 1.94. The van der Waals surface area contributed by atoms with Crippen LogP contribution in [0.5, 0.6) is 0 Å². The van der Waals surface area contributed by atoms with E-state index < -0.39 is 0 Å². The first-order valence-corrected chi connectivity index (χ1v) is 13.5. The Morgan fingerprint density at radius 1 is 1.00 bits per heavy atom. The van der Waals surface area contributed by atoms with Gasteiger partial charge >= 0.3 is 0 Å². The molecule has 172 valence electrons. The molecular formula is C31H31NOS. The summed E-state index contributed by atoms with van der Waals surface area (Å²) in [5.74, 6) is 2.12. The van der Waals surface area contributed by atoms with Crippen LogP contribution in [0.15, 0.2) is 88.2 Å². The summed E-state index contributed by atoms with van der Waals surface area (Å²) in [6.45, 7) is 4.66. The first-order valence-electron chi connectivity index (χ1n) is 12.5. The summed E-state index contributed by atoms with van der Waals surface area (Å²) in [7, 11) is 0. The van der Waals surface area contributed by atoms with E-state index in [0.717, 1.165) is 36.5 Å². The predicted octanol–water partition coefficient (Wildman–Crippen LogP) is 7.74. The Morgan fingerprint density at radius 3 is 2.74 bits per heavy atom. The van der Waals surface area contributed by atoms with Gasteiger partial charge in [0.15, 0.2) is 0 Å². The summed E-state index contributed by atoms with van der Waals surface area (Å²) in [5, 5.41) is 1.26. The summed E-state index contributed by atoms with van der Waals surface area (Å²) in [5.41, 5.74) is 7.81. The predicted molar refractivity (Wildman–Crippen MR) is 143 cm³/mol. The Hall–Kier alpha value is -2.75. The molecule has 2 nitrogen and oxygen atoms in total. The first kappa shape index (κ1) is 21.8. The van der Waals surface area contributed by atoms with Crippen LogP contribution in [0.4, 0.5) is 0 Å². The summed E-state index contributed by atoms with van der Waals surface area (Å²) in [6, 6.07) is 27.2. The number of thioether (sulfide) groups is 1. The smallest absolute Gasteiger partial charge is 0.134 e. The highest BCUT2D eigenvalue weighted by Crippen LogP contribution is 2.40. The van der Waals surface area contributed by atoms with Crippen molar-refractivity contribution in [2.24, 2.45) is 0 Å². The molecule has 2 aliphatic rings. The van der Waals surface area contributed by atoms with E-state index in [-0.39, 0.29) is 0 Å². The molecule has 6 rings (SSSR count). The molecule has 3 heterocycles. The fraction of sp³-hybridized carbons (Fsp3) is 0.290. The Kier molecular flexibility index (Phi) is 6.07. The van der Waals surface area contributed by atoms with Crippen LogP contribution in [0.25, 0.3) is 16.5 Å². The Balaban J connectivity index is 1.32. The van der Waals surface area contributed by atoms with E-state index >= 15 is 0 Å². The topological polar surface area (TPSA) is 16.4 Å². The molecule has 0 aliphatic carbocycles. The van der Waals surface area contributed by atoms with Crippen LogP contribution in [-0.2, 0) is 18.6 Å². The molecule has 0 N–H and O–H groups in total. The van der Waals surface area contributed by atoms with Gasteiger partial charge in [-0.2, -0.15) is 0 Å². The third-order valence-electron chi connectivity index (χ3n) is 7.43. The van der Waals surface area contributed by atoms with Crippen LogP contribution in [-0.4, -0.2) is 24.0 Å². The molecule has 1 atom stereocenters. The summed E-state index contributed by atoms with van der Waals surface area (Å²) in [6.07, 6.45) is 6.95. The molecule has 0 unspecified atom stereocenters. The van der Waals surface area contributed by atoms with Gasteiger partial charge in [-0.05, 0) is 78.8 Å². The third-order valence-corrected chi connectivity index (χ3v) is 8.56. The highest BCUT2D eigenvalue weighted by molar-refractivity contribution is 7.98. The van der Waals surface area contributed by atoms with Gasteiger partial charge in [-0.1, -0.05) is 60.7 Å². The monoisotopic (exact) mass is 465 g/mol. The molecule has 0 amide bonds. The first-order chi connectivity index (χ1) is 16.8. The number of nitrogens with zero attached hydrogens (tertiary/aromatic N) is 1. The number of hydrogen-bond acceptors (Lipinski definition) is 3. The Bertz CT molecular complexity index is 1300. The number of furan rings is 1. The van der Waals surface area contributed by atoms with Crippen LogP contribution in [0, 0.1) is 0 Å². The maximum Gasteiger partial charge on any atom is 0.134 e. The minimum Gasteiger partial charge on any atom is -0.461 e. The van der Waals surface area contributed by atoms with Gasteiger partial charge in [0.05, 0.1) is 0 Å². The largest absolute Gasteiger partial charge is 0.461 e. The molecular weight excluding hydrogens is 434 g/mol.